The minimum absolute atomic E-state index is 0.163. The van der Waals surface area contributed by atoms with Crippen LogP contribution in [-0.4, -0.2) is 19.1 Å². The molecule has 0 aliphatic carbocycles. The van der Waals surface area contributed by atoms with E-state index in [0.29, 0.717) is 56.0 Å². The van der Waals surface area contributed by atoms with Gasteiger partial charge in [-0.05, 0) is 77.9 Å². The van der Waals surface area contributed by atoms with Crippen molar-refractivity contribution >= 4 is 21.8 Å². The number of rotatable bonds is 5. The van der Waals surface area contributed by atoms with E-state index in [0.717, 1.165) is 11.1 Å². The van der Waals surface area contributed by atoms with Crippen LogP contribution in [0.2, 0.25) is 0 Å². The van der Waals surface area contributed by atoms with Crippen LogP contribution in [0.15, 0.2) is 167 Å². The highest BCUT2D eigenvalue weighted by Crippen LogP contribution is 2.33. The van der Waals surface area contributed by atoms with E-state index in [4.69, 9.17) is 9.97 Å². The number of fused-ring (bicyclic) bond motifs is 2. The first-order valence-electron chi connectivity index (χ1n) is 15.0. The summed E-state index contributed by atoms with van der Waals surface area (Å²) >= 11 is 0. The van der Waals surface area contributed by atoms with Gasteiger partial charge in [0.15, 0.2) is 0 Å². The summed E-state index contributed by atoms with van der Waals surface area (Å²) in [5, 5.41) is 1.06. The highest BCUT2D eigenvalue weighted by atomic mass is 16.1. The Balaban J connectivity index is 1.49. The van der Waals surface area contributed by atoms with E-state index in [-0.39, 0.29) is 11.1 Å². The maximum Gasteiger partial charge on any atom is 0.266 e. The van der Waals surface area contributed by atoms with Crippen LogP contribution >= 0.6 is 0 Å². The zero-order valence-corrected chi connectivity index (χ0v) is 24.6. The van der Waals surface area contributed by atoms with Crippen molar-refractivity contribution in [1.29, 1.82) is 0 Å². The Morgan fingerprint density at radius 3 is 1.20 bits per heavy atom. The molecule has 2 heterocycles. The number of hydrogen-bond donors (Lipinski definition) is 0. The minimum atomic E-state index is -0.163. The van der Waals surface area contributed by atoms with E-state index in [1.165, 1.54) is 0 Å². The van der Waals surface area contributed by atoms with Crippen LogP contribution in [0.1, 0.15) is 0 Å². The largest absolute Gasteiger partial charge is 0.268 e. The van der Waals surface area contributed by atoms with Crippen LogP contribution in [0, 0.1) is 0 Å². The minimum Gasteiger partial charge on any atom is -0.268 e. The summed E-state index contributed by atoms with van der Waals surface area (Å²) in [7, 11) is 0. The van der Waals surface area contributed by atoms with Crippen LogP contribution in [0.25, 0.3) is 67.1 Å². The third-order valence-corrected chi connectivity index (χ3v) is 8.14. The maximum atomic E-state index is 14.1. The normalized spacial score (nSPS) is 11.2. The molecular formula is C40H26N4O2. The summed E-state index contributed by atoms with van der Waals surface area (Å²) < 4.78 is 3.32. The first-order chi connectivity index (χ1) is 22.7. The fourth-order valence-corrected chi connectivity index (χ4v) is 5.97. The lowest BCUT2D eigenvalue weighted by Gasteiger charge is -2.18. The van der Waals surface area contributed by atoms with E-state index >= 15 is 0 Å². The molecule has 0 radical (unpaired) electrons. The number of aromatic nitrogens is 4. The Morgan fingerprint density at radius 2 is 0.739 bits per heavy atom. The molecule has 0 aliphatic rings. The summed E-state index contributed by atoms with van der Waals surface area (Å²) in [6, 6.07) is 50.0. The summed E-state index contributed by atoms with van der Waals surface area (Å²) in [5.74, 6) is 0.978. The second-order valence-corrected chi connectivity index (χ2v) is 11.0. The Bertz CT molecular complexity index is 2350. The van der Waals surface area contributed by atoms with Crippen LogP contribution in [0.4, 0.5) is 0 Å². The van der Waals surface area contributed by atoms with Gasteiger partial charge in [0.2, 0.25) is 0 Å². The van der Waals surface area contributed by atoms with Gasteiger partial charge >= 0.3 is 0 Å². The molecule has 218 valence electrons. The summed E-state index contributed by atoms with van der Waals surface area (Å²) in [4.78, 5) is 38.4. The lowest BCUT2D eigenvalue weighted by atomic mass is 9.98. The molecule has 46 heavy (non-hydrogen) atoms. The van der Waals surface area contributed by atoms with Crippen molar-refractivity contribution in [3.05, 3.63) is 178 Å². The maximum absolute atomic E-state index is 14.1. The van der Waals surface area contributed by atoms with Gasteiger partial charge in [0, 0.05) is 11.1 Å². The SMILES string of the molecule is O=c1c2ccccc2nc(-c2cc(-c3ccccc3)cc(-c3nc4ccccc4c(=O)n3-c3ccccc3)c2)n1-c1ccccc1. The lowest BCUT2D eigenvalue weighted by Crippen LogP contribution is -2.22. The van der Waals surface area contributed by atoms with Crippen molar-refractivity contribution in [2.75, 3.05) is 0 Å². The van der Waals surface area contributed by atoms with Gasteiger partial charge < -0.3 is 0 Å². The Morgan fingerprint density at radius 1 is 0.370 bits per heavy atom. The highest BCUT2D eigenvalue weighted by Gasteiger charge is 2.20. The van der Waals surface area contributed by atoms with Gasteiger partial charge in [0.05, 0.1) is 33.2 Å². The summed E-state index contributed by atoms with van der Waals surface area (Å²) in [6.45, 7) is 0. The molecule has 0 fully saturated rings. The molecule has 2 aromatic heterocycles. The second kappa shape index (κ2) is 11.3. The van der Waals surface area contributed by atoms with Gasteiger partial charge in [0.25, 0.3) is 11.1 Å². The molecule has 0 bridgehead atoms. The van der Waals surface area contributed by atoms with E-state index in [1.807, 2.05) is 146 Å². The molecule has 0 aliphatic heterocycles. The Hall–Kier alpha value is -6.40. The number of hydrogen-bond acceptors (Lipinski definition) is 4. The second-order valence-electron chi connectivity index (χ2n) is 11.0. The Kier molecular flexibility index (Phi) is 6.65. The van der Waals surface area contributed by atoms with E-state index in [2.05, 4.69) is 0 Å². The van der Waals surface area contributed by atoms with Gasteiger partial charge in [-0.1, -0.05) is 91.0 Å². The van der Waals surface area contributed by atoms with Crippen LogP contribution in [0.3, 0.4) is 0 Å². The van der Waals surface area contributed by atoms with Crippen LogP contribution in [-0.2, 0) is 0 Å². The standard InChI is InChI=1S/C40H26N4O2/c45-39-33-20-10-12-22-35(33)41-37(43(39)31-16-6-2-7-17-31)29-24-28(27-14-4-1-5-15-27)25-30(26-29)38-42-36-23-13-11-21-34(36)40(46)44(38)32-18-8-3-9-19-32/h1-26H. The van der Waals surface area contributed by atoms with Crippen LogP contribution < -0.4 is 11.1 Å². The van der Waals surface area contributed by atoms with Gasteiger partial charge in [0.1, 0.15) is 11.6 Å². The van der Waals surface area contributed by atoms with E-state index < -0.39 is 0 Å². The molecule has 6 aromatic carbocycles. The van der Waals surface area contributed by atoms with Crippen molar-refractivity contribution in [1.82, 2.24) is 19.1 Å². The third kappa shape index (κ3) is 4.69. The topological polar surface area (TPSA) is 69.8 Å². The fraction of sp³-hybridized carbons (Fsp3) is 0. The lowest BCUT2D eigenvalue weighted by molar-refractivity contribution is 0.970. The monoisotopic (exact) mass is 594 g/mol. The van der Waals surface area contributed by atoms with Gasteiger partial charge in [-0.15, -0.1) is 0 Å². The fourth-order valence-electron chi connectivity index (χ4n) is 5.97. The van der Waals surface area contributed by atoms with E-state index in [9.17, 15) is 9.59 Å². The van der Waals surface area contributed by atoms with Crippen molar-refractivity contribution in [2.24, 2.45) is 0 Å². The van der Waals surface area contributed by atoms with Crippen molar-refractivity contribution < 1.29 is 0 Å². The Labute approximate surface area is 264 Å². The zero-order valence-electron chi connectivity index (χ0n) is 24.6. The van der Waals surface area contributed by atoms with E-state index in [1.54, 1.807) is 21.3 Å². The molecule has 0 unspecified atom stereocenters. The molecule has 0 saturated heterocycles. The van der Waals surface area contributed by atoms with Crippen LogP contribution in [0.5, 0.6) is 0 Å². The first kappa shape index (κ1) is 27.2. The third-order valence-electron chi connectivity index (χ3n) is 8.14. The predicted octanol–water partition coefficient (Wildman–Crippen LogP) is 8.09. The molecule has 0 amide bonds. The molecule has 8 rings (SSSR count). The average Bonchev–Trinajstić information content (AvgIpc) is 3.12. The zero-order chi connectivity index (χ0) is 31.0. The van der Waals surface area contributed by atoms with Gasteiger partial charge in [-0.2, -0.15) is 0 Å². The molecule has 6 nitrogen and oxygen atoms in total. The van der Waals surface area contributed by atoms with Crippen molar-refractivity contribution in [3.63, 3.8) is 0 Å². The van der Waals surface area contributed by atoms with Gasteiger partial charge in [-0.3, -0.25) is 18.7 Å². The summed E-state index contributed by atoms with van der Waals surface area (Å²) in [5.41, 5.74) is 5.60. The molecule has 0 saturated carbocycles. The number of nitrogens with zero attached hydrogens (tertiary/aromatic N) is 4. The molecule has 0 spiro atoms. The van der Waals surface area contributed by atoms with Crippen molar-refractivity contribution in [3.8, 4) is 45.3 Å². The molecule has 6 heteroatoms. The molecule has 8 aromatic rings. The molecular weight excluding hydrogens is 568 g/mol. The number of benzene rings is 6. The summed E-state index contributed by atoms with van der Waals surface area (Å²) in [6.07, 6.45) is 0. The smallest absolute Gasteiger partial charge is 0.266 e. The number of para-hydroxylation sites is 4. The average molecular weight is 595 g/mol. The quantitative estimate of drug-likeness (QED) is 0.202. The molecule has 0 atom stereocenters. The van der Waals surface area contributed by atoms with Crippen molar-refractivity contribution in [2.45, 2.75) is 0 Å². The van der Waals surface area contributed by atoms with Gasteiger partial charge in [-0.25, -0.2) is 9.97 Å². The first-order valence-corrected chi connectivity index (χ1v) is 15.0. The highest BCUT2D eigenvalue weighted by molar-refractivity contribution is 5.85. The predicted molar refractivity (Wildman–Crippen MR) is 185 cm³/mol. The molecule has 0 N–H and O–H groups in total.